The molecule has 2 atom stereocenters. The molecule has 0 radical (unpaired) electrons. The number of carboxylic acids is 1. The highest BCUT2D eigenvalue weighted by Gasteiger charge is 2.54. The first-order chi connectivity index (χ1) is 13.5. The molecule has 1 saturated heterocycles. The van der Waals surface area contributed by atoms with Gasteiger partial charge >= 0.3 is 5.97 Å². The third-order valence-electron chi connectivity index (χ3n) is 4.10. The summed E-state index contributed by atoms with van der Waals surface area (Å²) >= 11 is 2.54. The Morgan fingerprint density at radius 1 is 1.36 bits per heavy atom. The molecule has 2 amide bonds. The standard InChI is InChI=1S/C18H17N3O5S2/c22-13(9-11-5-2-1-3-6-11)20-14-16(23)21-15(18(24)25)12(10-28-17(14)21)27-8-4-7-19-26/h1-8,14,17,26H,9-10H2,(H,20,22)(H,24,25)/t14?,17-/m1/s1. The minimum atomic E-state index is -1.19. The summed E-state index contributed by atoms with van der Waals surface area (Å²) in [5, 5.41) is 24.6. The number of benzene rings is 1. The first kappa shape index (κ1) is 20.0. The van der Waals surface area contributed by atoms with E-state index in [0.717, 1.165) is 23.5 Å². The van der Waals surface area contributed by atoms with Crippen LogP contribution in [-0.4, -0.2) is 56.4 Å². The second-order valence-electron chi connectivity index (χ2n) is 5.91. The summed E-state index contributed by atoms with van der Waals surface area (Å²) in [6.45, 7) is 0. The number of hydrogen-bond donors (Lipinski definition) is 3. The van der Waals surface area contributed by atoms with Crippen LogP contribution >= 0.6 is 23.5 Å². The molecule has 0 spiro atoms. The summed E-state index contributed by atoms with van der Waals surface area (Å²) in [4.78, 5) is 38.2. The van der Waals surface area contributed by atoms with E-state index in [1.807, 2.05) is 30.3 Å². The predicted octanol–water partition coefficient (Wildman–Crippen LogP) is 1.63. The molecule has 28 heavy (non-hydrogen) atoms. The molecule has 2 heterocycles. The van der Waals surface area contributed by atoms with Crippen molar-refractivity contribution in [2.24, 2.45) is 5.16 Å². The minimum absolute atomic E-state index is 0.0714. The molecule has 3 rings (SSSR count). The minimum Gasteiger partial charge on any atom is -0.477 e. The lowest BCUT2D eigenvalue weighted by molar-refractivity contribution is -0.150. The zero-order chi connectivity index (χ0) is 20.1. The van der Waals surface area contributed by atoms with Crippen LogP contribution in [0.2, 0.25) is 0 Å². The Balaban J connectivity index is 1.68. The Morgan fingerprint density at radius 3 is 2.79 bits per heavy atom. The smallest absolute Gasteiger partial charge is 0.353 e. The zero-order valence-corrected chi connectivity index (χ0v) is 16.2. The molecular weight excluding hydrogens is 402 g/mol. The first-order valence-corrected chi connectivity index (χ1v) is 10.2. The number of allylic oxidation sites excluding steroid dienone is 1. The van der Waals surface area contributed by atoms with Crippen LogP contribution < -0.4 is 5.32 Å². The number of β-lactam (4-membered cyclic amide) rings is 1. The number of carboxylic acid groups (broad SMARTS) is 1. The number of rotatable bonds is 7. The molecule has 3 N–H and O–H groups in total. The molecule has 0 bridgehead atoms. The van der Waals surface area contributed by atoms with Crippen LogP contribution in [0.1, 0.15) is 5.56 Å². The molecule has 0 aliphatic carbocycles. The summed E-state index contributed by atoms with van der Waals surface area (Å²) < 4.78 is 0. The maximum absolute atomic E-state index is 12.5. The number of nitrogens with one attached hydrogen (secondary N) is 1. The number of aliphatic carboxylic acids is 1. The predicted molar refractivity (Wildman–Crippen MR) is 107 cm³/mol. The molecule has 0 saturated carbocycles. The molecule has 1 fully saturated rings. The average molecular weight is 419 g/mol. The van der Waals surface area contributed by atoms with E-state index in [9.17, 15) is 19.5 Å². The van der Waals surface area contributed by atoms with Crippen molar-refractivity contribution in [2.75, 3.05) is 5.75 Å². The lowest BCUT2D eigenvalue weighted by atomic mass is 10.0. The van der Waals surface area contributed by atoms with Crippen LogP contribution in [0.3, 0.4) is 0 Å². The van der Waals surface area contributed by atoms with E-state index < -0.39 is 23.3 Å². The Bertz CT molecular complexity index is 869. The van der Waals surface area contributed by atoms with Crippen molar-refractivity contribution in [3.63, 3.8) is 0 Å². The van der Waals surface area contributed by atoms with Crippen LogP contribution in [0.5, 0.6) is 0 Å². The molecule has 1 aromatic carbocycles. The van der Waals surface area contributed by atoms with Crippen molar-refractivity contribution in [1.82, 2.24) is 10.2 Å². The summed E-state index contributed by atoms with van der Waals surface area (Å²) in [6.07, 6.45) is 2.76. The van der Waals surface area contributed by atoms with Gasteiger partial charge in [-0.1, -0.05) is 47.2 Å². The van der Waals surface area contributed by atoms with Crippen molar-refractivity contribution in [1.29, 1.82) is 0 Å². The highest BCUT2D eigenvalue weighted by atomic mass is 32.2. The number of amides is 2. The van der Waals surface area contributed by atoms with Gasteiger partial charge in [0.2, 0.25) is 5.91 Å². The van der Waals surface area contributed by atoms with E-state index in [4.69, 9.17) is 5.21 Å². The van der Waals surface area contributed by atoms with Crippen LogP contribution in [0.15, 0.2) is 57.6 Å². The summed E-state index contributed by atoms with van der Waals surface area (Å²) in [5.74, 6) is -1.52. The van der Waals surface area contributed by atoms with Gasteiger partial charge in [-0.05, 0) is 17.0 Å². The third kappa shape index (κ3) is 4.23. The van der Waals surface area contributed by atoms with Crippen molar-refractivity contribution in [3.8, 4) is 0 Å². The van der Waals surface area contributed by atoms with Gasteiger partial charge in [-0.3, -0.25) is 14.5 Å². The first-order valence-electron chi connectivity index (χ1n) is 8.26. The molecule has 146 valence electrons. The average Bonchev–Trinajstić information content (AvgIpc) is 2.69. The number of carbonyl (C=O) groups excluding carboxylic acids is 2. The second-order valence-corrected chi connectivity index (χ2v) is 8.01. The molecule has 8 nitrogen and oxygen atoms in total. The van der Waals surface area contributed by atoms with E-state index in [-0.39, 0.29) is 18.0 Å². The van der Waals surface area contributed by atoms with Crippen molar-refractivity contribution in [3.05, 3.63) is 58.0 Å². The zero-order valence-electron chi connectivity index (χ0n) is 14.5. The van der Waals surface area contributed by atoms with Crippen LogP contribution in [0.4, 0.5) is 0 Å². The number of fused-ring (bicyclic) bond motifs is 1. The van der Waals surface area contributed by atoms with E-state index in [1.165, 1.54) is 22.7 Å². The largest absolute Gasteiger partial charge is 0.477 e. The van der Waals surface area contributed by atoms with Gasteiger partial charge in [-0.25, -0.2) is 4.79 Å². The highest BCUT2D eigenvalue weighted by molar-refractivity contribution is 8.08. The number of thioether (sulfide) groups is 2. The van der Waals surface area contributed by atoms with Gasteiger partial charge in [0.1, 0.15) is 17.1 Å². The molecule has 2 aliphatic heterocycles. The Labute approximate surface area is 169 Å². The fraction of sp³-hybridized carbons (Fsp3) is 0.222. The van der Waals surface area contributed by atoms with Gasteiger partial charge in [0.15, 0.2) is 0 Å². The molecule has 1 unspecified atom stereocenters. The number of oxime groups is 1. The van der Waals surface area contributed by atoms with E-state index in [2.05, 4.69) is 10.5 Å². The summed E-state index contributed by atoms with van der Waals surface area (Å²) in [7, 11) is 0. The lowest BCUT2D eigenvalue weighted by Gasteiger charge is -2.49. The lowest BCUT2D eigenvalue weighted by Crippen LogP contribution is -2.70. The number of nitrogens with zero attached hydrogens (tertiary/aromatic N) is 2. The van der Waals surface area contributed by atoms with Crippen LogP contribution in [0, 0.1) is 0 Å². The molecule has 10 heteroatoms. The van der Waals surface area contributed by atoms with Gasteiger partial charge in [0.25, 0.3) is 5.91 Å². The number of hydrogen-bond acceptors (Lipinski definition) is 7. The van der Waals surface area contributed by atoms with Crippen molar-refractivity contribution >= 4 is 47.5 Å². The normalized spacial score (nSPS) is 21.7. The van der Waals surface area contributed by atoms with Gasteiger partial charge in [0.05, 0.1) is 12.6 Å². The molecular formula is C18H17N3O5S2. The van der Waals surface area contributed by atoms with E-state index in [1.54, 1.807) is 5.41 Å². The monoisotopic (exact) mass is 419 g/mol. The van der Waals surface area contributed by atoms with Crippen LogP contribution in [0.25, 0.3) is 0 Å². The Kier molecular flexibility index (Phi) is 6.42. The van der Waals surface area contributed by atoms with E-state index >= 15 is 0 Å². The third-order valence-corrected chi connectivity index (χ3v) is 6.48. The van der Waals surface area contributed by atoms with Gasteiger partial charge < -0.3 is 15.6 Å². The van der Waals surface area contributed by atoms with Gasteiger partial charge in [-0.2, -0.15) is 0 Å². The summed E-state index contributed by atoms with van der Waals surface area (Å²) in [6, 6.07) is 8.44. The van der Waals surface area contributed by atoms with Crippen molar-refractivity contribution in [2.45, 2.75) is 17.8 Å². The SMILES string of the molecule is O=C(Cc1ccccc1)NC1C(=O)N2C(C(=O)O)=C(SC=CC=NO)CS[C@H]12. The fourth-order valence-electron chi connectivity index (χ4n) is 2.88. The van der Waals surface area contributed by atoms with E-state index in [0.29, 0.717) is 10.7 Å². The van der Waals surface area contributed by atoms with Crippen molar-refractivity contribution < 1.29 is 24.7 Å². The fourth-order valence-corrected chi connectivity index (χ4v) is 5.16. The van der Waals surface area contributed by atoms with Crippen LogP contribution in [-0.2, 0) is 20.8 Å². The maximum atomic E-state index is 12.5. The molecule has 1 aromatic rings. The quantitative estimate of drug-likeness (QED) is 0.266. The summed E-state index contributed by atoms with van der Waals surface area (Å²) in [5.41, 5.74) is 0.765. The number of carbonyl (C=O) groups is 3. The molecule has 0 aromatic heterocycles. The highest BCUT2D eigenvalue weighted by Crippen LogP contribution is 2.43. The van der Waals surface area contributed by atoms with Gasteiger partial charge in [-0.15, -0.1) is 11.8 Å². The topological polar surface area (TPSA) is 119 Å². The van der Waals surface area contributed by atoms with Gasteiger partial charge in [0, 0.05) is 10.7 Å². The maximum Gasteiger partial charge on any atom is 0.353 e. The molecule has 2 aliphatic rings. The Hall–Kier alpha value is -2.72. The second kappa shape index (κ2) is 8.98. The Morgan fingerprint density at radius 2 is 2.11 bits per heavy atom.